The summed E-state index contributed by atoms with van der Waals surface area (Å²) in [6.07, 6.45) is 3.04. The first-order valence-corrected chi connectivity index (χ1v) is 5.73. The molecule has 1 aromatic rings. The molecule has 0 aliphatic heterocycles. The summed E-state index contributed by atoms with van der Waals surface area (Å²) in [5.41, 5.74) is -0.104. The molecule has 98 valence electrons. The van der Waals surface area contributed by atoms with Crippen LogP contribution in [0, 0.1) is 0 Å². The van der Waals surface area contributed by atoms with E-state index in [2.05, 4.69) is 10.3 Å². The highest BCUT2D eigenvalue weighted by Gasteiger charge is 2.23. The summed E-state index contributed by atoms with van der Waals surface area (Å²) in [6.45, 7) is 6.93. The zero-order valence-electron chi connectivity index (χ0n) is 11.1. The van der Waals surface area contributed by atoms with Crippen LogP contribution in [-0.4, -0.2) is 28.5 Å². The van der Waals surface area contributed by atoms with Crippen LogP contribution in [0.15, 0.2) is 24.5 Å². The van der Waals surface area contributed by atoms with Crippen LogP contribution in [0.3, 0.4) is 0 Å². The van der Waals surface area contributed by atoms with Gasteiger partial charge in [0.05, 0.1) is 0 Å². The van der Waals surface area contributed by atoms with Gasteiger partial charge >= 0.3 is 5.97 Å². The van der Waals surface area contributed by atoms with Crippen LogP contribution in [0.5, 0.6) is 0 Å². The molecule has 1 amide bonds. The Kier molecular flexibility index (Phi) is 4.42. The van der Waals surface area contributed by atoms with E-state index >= 15 is 0 Å². The van der Waals surface area contributed by atoms with Gasteiger partial charge in [0, 0.05) is 18.0 Å². The summed E-state index contributed by atoms with van der Waals surface area (Å²) < 4.78 is 5.17. The molecule has 1 aromatic heterocycles. The van der Waals surface area contributed by atoms with Crippen LogP contribution in [0.2, 0.25) is 0 Å². The van der Waals surface area contributed by atoms with Gasteiger partial charge in [0.15, 0.2) is 0 Å². The average molecular weight is 250 g/mol. The van der Waals surface area contributed by atoms with Crippen molar-refractivity contribution in [1.82, 2.24) is 10.3 Å². The average Bonchev–Trinajstić information content (AvgIpc) is 2.27. The number of pyridine rings is 1. The number of carbonyl (C=O) groups excluding carboxylic acids is 2. The number of nitrogens with one attached hydrogen (secondary N) is 1. The van der Waals surface area contributed by atoms with Crippen molar-refractivity contribution in [2.24, 2.45) is 0 Å². The summed E-state index contributed by atoms with van der Waals surface area (Å²) >= 11 is 0. The van der Waals surface area contributed by atoms with Gasteiger partial charge in [-0.15, -0.1) is 0 Å². The standard InChI is InChI=1S/C13H18N2O3/c1-9(12(17)18-13(2,3)4)15-11(16)10-5-7-14-8-6-10/h5-9H,1-4H3,(H,15,16)/t9-/m1/s1. The highest BCUT2D eigenvalue weighted by Crippen LogP contribution is 2.08. The summed E-state index contributed by atoms with van der Waals surface area (Å²) in [7, 11) is 0. The molecule has 5 heteroatoms. The van der Waals surface area contributed by atoms with Crippen LogP contribution >= 0.6 is 0 Å². The lowest BCUT2D eigenvalue weighted by Crippen LogP contribution is -2.42. The molecule has 0 spiro atoms. The normalized spacial score (nSPS) is 12.7. The van der Waals surface area contributed by atoms with E-state index in [0.29, 0.717) is 5.56 Å². The van der Waals surface area contributed by atoms with Crippen LogP contribution in [0.4, 0.5) is 0 Å². The van der Waals surface area contributed by atoms with Crippen LogP contribution in [0.1, 0.15) is 38.1 Å². The van der Waals surface area contributed by atoms with Crippen molar-refractivity contribution >= 4 is 11.9 Å². The first kappa shape index (κ1) is 14.2. The highest BCUT2D eigenvalue weighted by molar-refractivity contribution is 5.96. The molecule has 0 unspecified atom stereocenters. The fourth-order valence-electron chi connectivity index (χ4n) is 1.23. The number of ether oxygens (including phenoxy) is 1. The minimum absolute atomic E-state index is 0.323. The number of rotatable bonds is 3. The van der Waals surface area contributed by atoms with Gasteiger partial charge in [0.25, 0.3) is 5.91 Å². The molecular formula is C13H18N2O3. The maximum atomic E-state index is 11.8. The molecule has 0 aliphatic rings. The smallest absolute Gasteiger partial charge is 0.328 e. The summed E-state index contributed by atoms with van der Waals surface area (Å²) in [5.74, 6) is -0.777. The number of nitrogens with zero attached hydrogens (tertiary/aromatic N) is 1. The summed E-state index contributed by atoms with van der Waals surface area (Å²) in [5, 5.41) is 2.58. The third kappa shape index (κ3) is 4.53. The second kappa shape index (κ2) is 5.62. The Morgan fingerprint density at radius 3 is 2.33 bits per heavy atom. The lowest BCUT2D eigenvalue weighted by Gasteiger charge is -2.22. The Hall–Kier alpha value is -1.91. The van der Waals surface area contributed by atoms with Gasteiger partial charge in [-0.3, -0.25) is 9.78 Å². The lowest BCUT2D eigenvalue weighted by atomic mass is 10.2. The largest absolute Gasteiger partial charge is 0.458 e. The molecule has 1 heterocycles. The minimum atomic E-state index is -0.690. The van der Waals surface area contributed by atoms with Crippen molar-refractivity contribution in [3.63, 3.8) is 0 Å². The SMILES string of the molecule is C[C@@H](NC(=O)c1ccncc1)C(=O)OC(C)(C)C. The maximum absolute atomic E-state index is 11.8. The molecule has 5 nitrogen and oxygen atoms in total. The third-order valence-electron chi connectivity index (χ3n) is 2.05. The molecule has 1 rings (SSSR count). The molecule has 0 bridgehead atoms. The molecule has 1 N–H and O–H groups in total. The first-order chi connectivity index (χ1) is 8.29. The number of carbonyl (C=O) groups is 2. The van der Waals surface area contributed by atoms with E-state index in [-0.39, 0.29) is 5.91 Å². The molecule has 1 atom stereocenters. The fourth-order valence-corrected chi connectivity index (χ4v) is 1.23. The number of hydrogen-bond donors (Lipinski definition) is 1. The van der Waals surface area contributed by atoms with Gasteiger partial charge in [0.2, 0.25) is 0 Å². The predicted octanol–water partition coefficient (Wildman–Crippen LogP) is 1.54. The van der Waals surface area contributed by atoms with E-state index in [4.69, 9.17) is 4.74 Å². The maximum Gasteiger partial charge on any atom is 0.328 e. The number of hydrogen-bond acceptors (Lipinski definition) is 4. The van der Waals surface area contributed by atoms with Crippen LogP contribution in [-0.2, 0) is 9.53 Å². The summed E-state index contributed by atoms with van der Waals surface area (Å²) in [4.78, 5) is 27.3. The van der Waals surface area contributed by atoms with Gasteiger partial charge in [-0.05, 0) is 39.8 Å². The quantitative estimate of drug-likeness (QED) is 0.826. The van der Waals surface area contributed by atoms with Crippen molar-refractivity contribution in [2.75, 3.05) is 0 Å². The Balaban J connectivity index is 2.58. The first-order valence-electron chi connectivity index (χ1n) is 5.73. The second-order valence-corrected chi connectivity index (χ2v) is 4.96. The second-order valence-electron chi connectivity index (χ2n) is 4.96. The van der Waals surface area contributed by atoms with Gasteiger partial charge in [-0.25, -0.2) is 4.79 Å². The van der Waals surface area contributed by atoms with Crippen molar-refractivity contribution in [3.8, 4) is 0 Å². The number of esters is 1. The number of amides is 1. The fraction of sp³-hybridized carbons (Fsp3) is 0.462. The van der Waals surface area contributed by atoms with Gasteiger partial charge < -0.3 is 10.1 Å². The predicted molar refractivity (Wildman–Crippen MR) is 67.0 cm³/mol. The van der Waals surface area contributed by atoms with Crippen molar-refractivity contribution in [3.05, 3.63) is 30.1 Å². The zero-order valence-corrected chi connectivity index (χ0v) is 11.1. The van der Waals surface area contributed by atoms with E-state index < -0.39 is 17.6 Å². The van der Waals surface area contributed by atoms with Crippen molar-refractivity contribution in [1.29, 1.82) is 0 Å². The molecule has 18 heavy (non-hydrogen) atoms. The Morgan fingerprint density at radius 1 is 1.28 bits per heavy atom. The minimum Gasteiger partial charge on any atom is -0.458 e. The molecule has 0 radical (unpaired) electrons. The van der Waals surface area contributed by atoms with E-state index in [1.165, 1.54) is 12.4 Å². The van der Waals surface area contributed by atoms with Crippen LogP contribution in [0.25, 0.3) is 0 Å². The number of aromatic nitrogens is 1. The highest BCUT2D eigenvalue weighted by atomic mass is 16.6. The summed E-state index contributed by atoms with van der Waals surface area (Å²) in [6, 6.07) is 2.47. The van der Waals surface area contributed by atoms with Crippen molar-refractivity contribution in [2.45, 2.75) is 39.3 Å². The van der Waals surface area contributed by atoms with Gasteiger partial charge in [-0.1, -0.05) is 0 Å². The zero-order chi connectivity index (χ0) is 13.8. The van der Waals surface area contributed by atoms with E-state index in [9.17, 15) is 9.59 Å². The molecule has 0 saturated carbocycles. The molecule has 0 aliphatic carbocycles. The van der Waals surface area contributed by atoms with Crippen LogP contribution < -0.4 is 5.32 Å². The molecular weight excluding hydrogens is 232 g/mol. The molecule has 0 fully saturated rings. The van der Waals surface area contributed by atoms with E-state index in [1.807, 2.05) is 0 Å². The van der Waals surface area contributed by atoms with Gasteiger partial charge in [-0.2, -0.15) is 0 Å². The Morgan fingerprint density at radius 2 is 1.83 bits per heavy atom. The van der Waals surface area contributed by atoms with Crippen molar-refractivity contribution < 1.29 is 14.3 Å². The van der Waals surface area contributed by atoms with Gasteiger partial charge in [0.1, 0.15) is 11.6 Å². The Labute approximate surface area is 107 Å². The molecule has 0 saturated heterocycles. The Bertz CT molecular complexity index is 424. The monoisotopic (exact) mass is 250 g/mol. The topological polar surface area (TPSA) is 68.3 Å². The van der Waals surface area contributed by atoms with E-state index in [1.54, 1.807) is 39.8 Å². The van der Waals surface area contributed by atoms with E-state index in [0.717, 1.165) is 0 Å². The molecule has 0 aromatic carbocycles. The third-order valence-corrected chi connectivity index (χ3v) is 2.05. The lowest BCUT2D eigenvalue weighted by molar-refractivity contribution is -0.156.